The van der Waals surface area contributed by atoms with Crippen molar-refractivity contribution >= 4 is 18.0 Å². The zero-order valence-corrected chi connectivity index (χ0v) is 12.8. The minimum absolute atomic E-state index is 0.0186. The number of hydrogen-bond donors (Lipinski definition) is 2. The monoisotopic (exact) mass is 300 g/mol. The fraction of sp³-hybridized carbons (Fsp3) is 0.786. The summed E-state index contributed by atoms with van der Waals surface area (Å²) in [5.41, 5.74) is 0. The lowest BCUT2D eigenvalue weighted by molar-refractivity contribution is -0.143. The molecule has 0 radical (unpaired) electrons. The standard InChI is InChI=1S/C14H24N2O5/c1-9(2)6-11(13(19)21-3)15-14(20)16-5-4-10(8-16)7-12(17)18/h9-11H,4-8H2,1-3H3,(H,15,20)(H,17,18). The van der Waals surface area contributed by atoms with Gasteiger partial charge in [0, 0.05) is 19.5 Å². The molecule has 0 bridgehead atoms. The van der Waals surface area contributed by atoms with E-state index in [0.29, 0.717) is 25.9 Å². The van der Waals surface area contributed by atoms with Gasteiger partial charge in [-0.1, -0.05) is 13.8 Å². The maximum absolute atomic E-state index is 12.1. The lowest BCUT2D eigenvalue weighted by Crippen LogP contribution is -2.48. The number of carboxylic acid groups (broad SMARTS) is 1. The Bertz CT molecular complexity index is 397. The Balaban J connectivity index is 2.54. The predicted octanol–water partition coefficient (Wildman–Crippen LogP) is 1.08. The average Bonchev–Trinajstić information content (AvgIpc) is 2.84. The van der Waals surface area contributed by atoms with Crippen LogP contribution in [0.1, 0.15) is 33.1 Å². The Labute approximate surface area is 124 Å². The smallest absolute Gasteiger partial charge is 0.328 e. The fourth-order valence-electron chi connectivity index (χ4n) is 2.50. The maximum atomic E-state index is 12.1. The van der Waals surface area contributed by atoms with Gasteiger partial charge in [0.15, 0.2) is 0 Å². The normalized spacial score (nSPS) is 19.4. The van der Waals surface area contributed by atoms with Gasteiger partial charge in [-0.25, -0.2) is 9.59 Å². The highest BCUT2D eigenvalue weighted by Gasteiger charge is 2.30. The van der Waals surface area contributed by atoms with E-state index >= 15 is 0 Å². The molecule has 1 aliphatic heterocycles. The lowest BCUT2D eigenvalue weighted by Gasteiger charge is -2.23. The summed E-state index contributed by atoms with van der Waals surface area (Å²) in [6, 6.07) is -1.00. The summed E-state index contributed by atoms with van der Waals surface area (Å²) in [4.78, 5) is 36.1. The Morgan fingerprint density at radius 3 is 2.57 bits per heavy atom. The van der Waals surface area contributed by atoms with Gasteiger partial charge in [0.1, 0.15) is 6.04 Å². The van der Waals surface area contributed by atoms with E-state index in [1.54, 1.807) is 4.90 Å². The van der Waals surface area contributed by atoms with Crippen LogP contribution in [0, 0.1) is 11.8 Å². The third-order valence-electron chi connectivity index (χ3n) is 3.53. The number of carbonyl (C=O) groups is 3. The average molecular weight is 300 g/mol. The van der Waals surface area contributed by atoms with Crippen LogP contribution in [-0.4, -0.2) is 54.2 Å². The first-order valence-corrected chi connectivity index (χ1v) is 7.18. The topological polar surface area (TPSA) is 95.9 Å². The first-order valence-electron chi connectivity index (χ1n) is 7.18. The van der Waals surface area contributed by atoms with Crippen LogP contribution in [-0.2, 0) is 14.3 Å². The number of urea groups is 1. The molecule has 2 N–H and O–H groups in total. The third kappa shape index (κ3) is 5.61. The van der Waals surface area contributed by atoms with E-state index < -0.39 is 18.0 Å². The number of amides is 2. The number of likely N-dealkylation sites (tertiary alicyclic amines) is 1. The molecule has 0 aliphatic carbocycles. The largest absolute Gasteiger partial charge is 0.481 e. The summed E-state index contributed by atoms with van der Waals surface area (Å²) in [5.74, 6) is -1.09. The molecule has 0 aromatic heterocycles. The minimum atomic E-state index is -0.852. The molecule has 2 atom stereocenters. The van der Waals surface area contributed by atoms with Gasteiger partial charge in [-0.3, -0.25) is 4.79 Å². The maximum Gasteiger partial charge on any atom is 0.328 e. The summed E-state index contributed by atoms with van der Waals surface area (Å²) < 4.78 is 4.70. The molecule has 7 nitrogen and oxygen atoms in total. The summed E-state index contributed by atoms with van der Waals surface area (Å²) in [6.45, 7) is 4.84. The molecular formula is C14H24N2O5. The molecule has 1 rings (SSSR count). The van der Waals surface area contributed by atoms with E-state index in [2.05, 4.69) is 5.32 Å². The van der Waals surface area contributed by atoms with Crippen LogP contribution in [0.2, 0.25) is 0 Å². The summed E-state index contributed by atoms with van der Waals surface area (Å²) in [7, 11) is 1.29. The number of carbonyl (C=O) groups excluding carboxylic acids is 2. The number of rotatable bonds is 6. The molecule has 2 unspecified atom stereocenters. The molecule has 1 fully saturated rings. The molecule has 1 saturated heterocycles. The minimum Gasteiger partial charge on any atom is -0.481 e. The zero-order chi connectivity index (χ0) is 16.0. The van der Waals surface area contributed by atoms with Crippen molar-refractivity contribution in [3.05, 3.63) is 0 Å². The van der Waals surface area contributed by atoms with E-state index in [0.717, 1.165) is 0 Å². The molecule has 0 aromatic carbocycles. The Morgan fingerprint density at radius 2 is 2.05 bits per heavy atom. The van der Waals surface area contributed by atoms with Gasteiger partial charge in [-0.2, -0.15) is 0 Å². The lowest BCUT2D eigenvalue weighted by atomic mass is 10.0. The Kier molecular flexibility index (Phi) is 6.45. The molecule has 7 heteroatoms. The van der Waals surface area contributed by atoms with Crippen LogP contribution in [0.25, 0.3) is 0 Å². The molecule has 21 heavy (non-hydrogen) atoms. The van der Waals surface area contributed by atoms with Crippen LogP contribution in [0.5, 0.6) is 0 Å². The van der Waals surface area contributed by atoms with Crippen molar-refractivity contribution in [1.82, 2.24) is 10.2 Å². The second-order valence-electron chi connectivity index (χ2n) is 5.85. The second kappa shape index (κ2) is 7.85. The van der Waals surface area contributed by atoms with Crippen molar-refractivity contribution in [2.45, 2.75) is 39.2 Å². The summed E-state index contributed by atoms with van der Waals surface area (Å²) in [6.07, 6.45) is 1.24. The first-order chi connectivity index (χ1) is 9.83. The third-order valence-corrected chi connectivity index (χ3v) is 3.53. The molecule has 0 spiro atoms. The molecule has 2 amide bonds. The van der Waals surface area contributed by atoms with E-state index in [1.165, 1.54) is 7.11 Å². The molecule has 120 valence electrons. The van der Waals surface area contributed by atoms with Crippen molar-refractivity contribution in [2.24, 2.45) is 11.8 Å². The highest BCUT2D eigenvalue weighted by molar-refractivity contribution is 5.83. The number of carboxylic acids is 1. The van der Waals surface area contributed by atoms with Crippen LogP contribution in [0.3, 0.4) is 0 Å². The first kappa shape index (κ1) is 17.3. The second-order valence-corrected chi connectivity index (χ2v) is 5.85. The number of aliphatic carboxylic acids is 1. The summed E-state index contributed by atoms with van der Waals surface area (Å²) >= 11 is 0. The molecular weight excluding hydrogens is 276 g/mol. The van der Waals surface area contributed by atoms with Gasteiger partial charge in [-0.15, -0.1) is 0 Å². The van der Waals surface area contributed by atoms with Crippen molar-refractivity contribution in [1.29, 1.82) is 0 Å². The molecule has 0 aromatic rings. The molecule has 0 saturated carbocycles. The van der Waals surface area contributed by atoms with Gasteiger partial charge in [0.05, 0.1) is 7.11 Å². The van der Waals surface area contributed by atoms with E-state index in [1.807, 2.05) is 13.8 Å². The Hall–Kier alpha value is -1.79. The number of nitrogens with zero attached hydrogens (tertiary/aromatic N) is 1. The van der Waals surface area contributed by atoms with Gasteiger partial charge >= 0.3 is 18.0 Å². The Morgan fingerprint density at radius 1 is 1.38 bits per heavy atom. The van der Waals surface area contributed by atoms with Crippen LogP contribution >= 0.6 is 0 Å². The van der Waals surface area contributed by atoms with E-state index in [-0.39, 0.29) is 24.3 Å². The summed E-state index contributed by atoms with van der Waals surface area (Å²) in [5, 5.41) is 11.4. The van der Waals surface area contributed by atoms with Crippen molar-refractivity contribution < 1.29 is 24.2 Å². The van der Waals surface area contributed by atoms with Crippen molar-refractivity contribution in [2.75, 3.05) is 20.2 Å². The number of hydrogen-bond acceptors (Lipinski definition) is 4. The SMILES string of the molecule is COC(=O)C(CC(C)C)NC(=O)N1CCC(CC(=O)O)C1. The number of ether oxygens (including phenoxy) is 1. The van der Waals surface area contributed by atoms with Crippen molar-refractivity contribution in [3.63, 3.8) is 0 Å². The van der Waals surface area contributed by atoms with Gasteiger partial charge in [0.2, 0.25) is 0 Å². The zero-order valence-electron chi connectivity index (χ0n) is 12.8. The van der Waals surface area contributed by atoms with Crippen LogP contribution in [0.4, 0.5) is 4.79 Å². The van der Waals surface area contributed by atoms with Crippen molar-refractivity contribution in [3.8, 4) is 0 Å². The predicted molar refractivity (Wildman–Crippen MR) is 75.7 cm³/mol. The van der Waals surface area contributed by atoms with Gasteiger partial charge in [-0.05, 0) is 24.7 Å². The van der Waals surface area contributed by atoms with E-state index in [9.17, 15) is 14.4 Å². The number of nitrogens with one attached hydrogen (secondary N) is 1. The highest BCUT2D eigenvalue weighted by atomic mass is 16.5. The van der Waals surface area contributed by atoms with Gasteiger partial charge < -0.3 is 20.1 Å². The molecule has 1 aliphatic rings. The highest BCUT2D eigenvalue weighted by Crippen LogP contribution is 2.19. The molecule has 1 heterocycles. The van der Waals surface area contributed by atoms with E-state index in [4.69, 9.17) is 9.84 Å². The number of methoxy groups -OCH3 is 1. The van der Waals surface area contributed by atoms with Crippen LogP contribution in [0.15, 0.2) is 0 Å². The number of esters is 1. The van der Waals surface area contributed by atoms with Gasteiger partial charge in [0.25, 0.3) is 0 Å². The quantitative estimate of drug-likeness (QED) is 0.716. The fourth-order valence-corrected chi connectivity index (χ4v) is 2.50. The van der Waals surface area contributed by atoms with Crippen LogP contribution < -0.4 is 5.32 Å².